The summed E-state index contributed by atoms with van der Waals surface area (Å²) >= 11 is 0. The van der Waals surface area contributed by atoms with Crippen molar-refractivity contribution in [3.63, 3.8) is 0 Å². The van der Waals surface area contributed by atoms with Gasteiger partial charge in [0.1, 0.15) is 0 Å². The SMILES string of the molecule is CCCC(CCN)CCC(=O)NC1CCN(C(C)C)CC1. The molecule has 4 nitrogen and oxygen atoms in total. The van der Waals surface area contributed by atoms with Crippen molar-refractivity contribution in [3.8, 4) is 0 Å². The maximum atomic E-state index is 12.1. The molecule has 0 bridgehead atoms. The average molecular weight is 297 g/mol. The summed E-state index contributed by atoms with van der Waals surface area (Å²) < 4.78 is 0. The fourth-order valence-electron chi connectivity index (χ4n) is 3.27. The number of rotatable bonds is 9. The van der Waals surface area contributed by atoms with E-state index in [4.69, 9.17) is 5.73 Å². The summed E-state index contributed by atoms with van der Waals surface area (Å²) in [6.45, 7) is 9.63. The van der Waals surface area contributed by atoms with E-state index in [1.807, 2.05) is 0 Å². The Morgan fingerprint density at radius 3 is 2.43 bits per heavy atom. The highest BCUT2D eigenvalue weighted by molar-refractivity contribution is 5.76. The molecule has 0 aromatic rings. The number of nitrogens with two attached hydrogens (primary N) is 1. The predicted molar refractivity (Wildman–Crippen MR) is 89.2 cm³/mol. The van der Waals surface area contributed by atoms with Crippen LogP contribution in [0.4, 0.5) is 0 Å². The second-order valence-corrected chi connectivity index (χ2v) is 6.74. The maximum Gasteiger partial charge on any atom is 0.220 e. The van der Waals surface area contributed by atoms with Crippen LogP contribution in [0.25, 0.3) is 0 Å². The Balaban J connectivity index is 2.21. The summed E-state index contributed by atoms with van der Waals surface area (Å²) in [5.74, 6) is 0.852. The zero-order valence-electron chi connectivity index (χ0n) is 14.2. The van der Waals surface area contributed by atoms with Gasteiger partial charge in [-0.25, -0.2) is 0 Å². The van der Waals surface area contributed by atoms with Crippen molar-refractivity contribution in [2.24, 2.45) is 11.7 Å². The third-order valence-electron chi connectivity index (χ3n) is 4.68. The highest BCUT2D eigenvalue weighted by Crippen LogP contribution is 2.18. The Hall–Kier alpha value is -0.610. The summed E-state index contributed by atoms with van der Waals surface area (Å²) in [5.41, 5.74) is 5.65. The number of piperidine rings is 1. The topological polar surface area (TPSA) is 58.4 Å². The molecule has 0 spiro atoms. The molecule has 0 aromatic carbocycles. The molecule has 1 aliphatic rings. The molecule has 124 valence electrons. The van der Waals surface area contributed by atoms with E-state index in [-0.39, 0.29) is 5.91 Å². The van der Waals surface area contributed by atoms with E-state index in [2.05, 4.69) is 31.0 Å². The van der Waals surface area contributed by atoms with Gasteiger partial charge in [-0.15, -0.1) is 0 Å². The maximum absolute atomic E-state index is 12.1. The van der Waals surface area contributed by atoms with Crippen molar-refractivity contribution < 1.29 is 4.79 Å². The zero-order chi connectivity index (χ0) is 15.7. The summed E-state index contributed by atoms with van der Waals surface area (Å²) in [6.07, 6.45) is 7.25. The Bertz CT molecular complexity index is 280. The quantitative estimate of drug-likeness (QED) is 0.687. The molecule has 1 atom stereocenters. The highest BCUT2D eigenvalue weighted by Gasteiger charge is 2.22. The van der Waals surface area contributed by atoms with Gasteiger partial charge in [0.15, 0.2) is 0 Å². The number of nitrogens with one attached hydrogen (secondary N) is 1. The Labute approximate surface area is 130 Å². The molecule has 1 saturated heterocycles. The van der Waals surface area contributed by atoms with Crippen LogP contribution in [0.3, 0.4) is 0 Å². The van der Waals surface area contributed by atoms with Crippen molar-refractivity contribution >= 4 is 5.91 Å². The molecule has 4 heteroatoms. The molecule has 21 heavy (non-hydrogen) atoms. The molecule has 0 radical (unpaired) electrons. The number of hydrogen-bond donors (Lipinski definition) is 2. The first-order valence-electron chi connectivity index (χ1n) is 8.80. The van der Waals surface area contributed by atoms with Crippen molar-refractivity contribution in [2.75, 3.05) is 19.6 Å². The largest absolute Gasteiger partial charge is 0.353 e. The molecule has 3 N–H and O–H groups in total. The molecule has 1 aliphatic heterocycles. The fourth-order valence-corrected chi connectivity index (χ4v) is 3.27. The Morgan fingerprint density at radius 1 is 1.24 bits per heavy atom. The number of amides is 1. The van der Waals surface area contributed by atoms with Gasteiger partial charge in [0.25, 0.3) is 0 Å². The lowest BCUT2D eigenvalue weighted by Crippen LogP contribution is -2.46. The monoisotopic (exact) mass is 297 g/mol. The minimum atomic E-state index is 0.233. The minimum absolute atomic E-state index is 0.233. The van der Waals surface area contributed by atoms with E-state index in [0.29, 0.717) is 24.4 Å². The number of carbonyl (C=O) groups excluding carboxylic acids is 1. The molecule has 0 saturated carbocycles. The second kappa shape index (κ2) is 10.2. The van der Waals surface area contributed by atoms with E-state index >= 15 is 0 Å². The Morgan fingerprint density at radius 2 is 1.90 bits per heavy atom. The predicted octanol–water partition coefficient (Wildman–Crippen LogP) is 2.52. The van der Waals surface area contributed by atoms with E-state index in [0.717, 1.165) is 45.3 Å². The van der Waals surface area contributed by atoms with Crippen molar-refractivity contribution in [1.82, 2.24) is 10.2 Å². The third kappa shape index (κ3) is 7.28. The second-order valence-electron chi connectivity index (χ2n) is 6.74. The third-order valence-corrected chi connectivity index (χ3v) is 4.68. The van der Waals surface area contributed by atoms with E-state index in [1.165, 1.54) is 12.8 Å². The summed E-state index contributed by atoms with van der Waals surface area (Å²) in [4.78, 5) is 14.6. The van der Waals surface area contributed by atoms with Crippen LogP contribution in [0, 0.1) is 5.92 Å². The smallest absolute Gasteiger partial charge is 0.220 e. The standard InChI is InChI=1S/C17H35N3O/c1-4-5-15(8-11-18)6-7-17(21)19-16-9-12-20(13-10-16)14(2)3/h14-16H,4-13,18H2,1-3H3,(H,19,21). The van der Waals surface area contributed by atoms with Gasteiger partial charge in [0.05, 0.1) is 0 Å². The first-order valence-corrected chi connectivity index (χ1v) is 8.80. The molecule has 0 aromatic heterocycles. The lowest BCUT2D eigenvalue weighted by molar-refractivity contribution is -0.122. The van der Waals surface area contributed by atoms with Crippen LogP contribution in [0.5, 0.6) is 0 Å². The zero-order valence-corrected chi connectivity index (χ0v) is 14.2. The van der Waals surface area contributed by atoms with Crippen LogP contribution in [-0.4, -0.2) is 42.5 Å². The molecular formula is C17H35N3O. The van der Waals surface area contributed by atoms with E-state index in [1.54, 1.807) is 0 Å². The summed E-state index contributed by atoms with van der Waals surface area (Å²) in [5, 5.41) is 3.22. The molecular weight excluding hydrogens is 262 g/mol. The van der Waals surface area contributed by atoms with Crippen LogP contribution in [-0.2, 0) is 4.79 Å². The van der Waals surface area contributed by atoms with Gasteiger partial charge in [-0.05, 0) is 52.0 Å². The molecule has 0 aliphatic carbocycles. The van der Waals surface area contributed by atoms with Crippen LogP contribution >= 0.6 is 0 Å². The van der Waals surface area contributed by atoms with Crippen molar-refractivity contribution in [2.45, 2.75) is 77.8 Å². The lowest BCUT2D eigenvalue weighted by Gasteiger charge is -2.34. The summed E-state index contributed by atoms with van der Waals surface area (Å²) in [7, 11) is 0. The van der Waals surface area contributed by atoms with Gasteiger partial charge in [0.2, 0.25) is 5.91 Å². The van der Waals surface area contributed by atoms with Crippen molar-refractivity contribution in [1.29, 1.82) is 0 Å². The van der Waals surface area contributed by atoms with Gasteiger partial charge < -0.3 is 16.0 Å². The molecule has 1 rings (SSSR count). The highest BCUT2D eigenvalue weighted by atomic mass is 16.1. The first-order chi connectivity index (χ1) is 10.1. The van der Waals surface area contributed by atoms with Gasteiger partial charge >= 0.3 is 0 Å². The van der Waals surface area contributed by atoms with Crippen LogP contribution in [0.1, 0.15) is 65.7 Å². The van der Waals surface area contributed by atoms with E-state index in [9.17, 15) is 4.79 Å². The number of carbonyl (C=O) groups is 1. The van der Waals surface area contributed by atoms with Gasteiger partial charge in [0, 0.05) is 31.6 Å². The molecule has 1 unspecified atom stereocenters. The normalized spacial score (nSPS) is 18.9. The number of likely N-dealkylation sites (tertiary alicyclic amines) is 1. The lowest BCUT2D eigenvalue weighted by atomic mass is 9.94. The van der Waals surface area contributed by atoms with E-state index < -0.39 is 0 Å². The van der Waals surface area contributed by atoms with Crippen LogP contribution in [0.15, 0.2) is 0 Å². The first kappa shape index (κ1) is 18.4. The van der Waals surface area contributed by atoms with Gasteiger partial charge in [-0.1, -0.05) is 19.8 Å². The van der Waals surface area contributed by atoms with Crippen LogP contribution < -0.4 is 11.1 Å². The van der Waals surface area contributed by atoms with Gasteiger partial charge in [-0.2, -0.15) is 0 Å². The Kier molecular flexibility index (Phi) is 8.93. The molecule has 1 fully saturated rings. The van der Waals surface area contributed by atoms with Gasteiger partial charge in [-0.3, -0.25) is 4.79 Å². The van der Waals surface area contributed by atoms with Crippen LogP contribution in [0.2, 0.25) is 0 Å². The summed E-state index contributed by atoms with van der Waals surface area (Å²) in [6, 6.07) is 0.999. The fraction of sp³-hybridized carbons (Fsp3) is 0.941. The molecule has 1 heterocycles. The average Bonchev–Trinajstić information content (AvgIpc) is 2.46. The number of hydrogen-bond acceptors (Lipinski definition) is 3. The van der Waals surface area contributed by atoms with Crippen molar-refractivity contribution in [3.05, 3.63) is 0 Å². The number of nitrogens with zero attached hydrogens (tertiary/aromatic N) is 1. The molecule has 1 amide bonds. The minimum Gasteiger partial charge on any atom is -0.353 e.